The van der Waals surface area contributed by atoms with Crippen molar-refractivity contribution in [2.24, 2.45) is 5.73 Å². The van der Waals surface area contributed by atoms with E-state index < -0.39 is 5.54 Å². The summed E-state index contributed by atoms with van der Waals surface area (Å²) in [7, 11) is 0. The van der Waals surface area contributed by atoms with Crippen LogP contribution in [-0.2, 0) is 5.54 Å². The topological polar surface area (TPSA) is 46.2 Å². The summed E-state index contributed by atoms with van der Waals surface area (Å²) in [6.45, 7) is 4.22. The van der Waals surface area contributed by atoms with E-state index in [9.17, 15) is 5.11 Å². The second-order valence-electron chi connectivity index (χ2n) is 3.85. The summed E-state index contributed by atoms with van der Waals surface area (Å²) in [6.07, 6.45) is 3.04. The van der Waals surface area contributed by atoms with Gasteiger partial charge in [-0.1, -0.05) is 19.8 Å². The Kier molecular flexibility index (Phi) is 4.11. The van der Waals surface area contributed by atoms with Gasteiger partial charge in [-0.3, -0.25) is 0 Å². The van der Waals surface area contributed by atoms with Gasteiger partial charge < -0.3 is 10.8 Å². The van der Waals surface area contributed by atoms with Crippen molar-refractivity contribution in [3.63, 3.8) is 0 Å². The molecule has 80 valence electrons. The Bertz CT molecular complexity index is 285. The van der Waals surface area contributed by atoms with Crippen molar-refractivity contribution >= 4 is 11.3 Å². The fraction of sp³-hybridized carbons (Fsp3) is 0.636. The lowest BCUT2D eigenvalue weighted by Crippen LogP contribution is -2.40. The Hall–Kier alpha value is -0.380. The van der Waals surface area contributed by atoms with Gasteiger partial charge in [0.05, 0.1) is 12.1 Å². The van der Waals surface area contributed by atoms with Crippen molar-refractivity contribution in [2.75, 3.05) is 6.61 Å². The van der Waals surface area contributed by atoms with Crippen LogP contribution in [0.2, 0.25) is 0 Å². The van der Waals surface area contributed by atoms with Crippen LogP contribution in [-0.4, -0.2) is 11.7 Å². The molecule has 3 heteroatoms. The van der Waals surface area contributed by atoms with Gasteiger partial charge in [0.15, 0.2) is 0 Å². The lowest BCUT2D eigenvalue weighted by molar-refractivity contribution is 0.187. The molecule has 0 spiro atoms. The Morgan fingerprint density at radius 2 is 2.29 bits per heavy atom. The first-order valence-electron chi connectivity index (χ1n) is 5.08. The molecule has 0 radical (unpaired) electrons. The quantitative estimate of drug-likeness (QED) is 0.789. The highest BCUT2D eigenvalue weighted by Crippen LogP contribution is 2.31. The zero-order valence-corrected chi connectivity index (χ0v) is 9.73. The molecule has 0 bridgehead atoms. The van der Waals surface area contributed by atoms with Crippen LogP contribution in [0.1, 0.15) is 36.6 Å². The van der Waals surface area contributed by atoms with E-state index in [0.29, 0.717) is 0 Å². The highest BCUT2D eigenvalue weighted by molar-refractivity contribution is 7.10. The maximum absolute atomic E-state index is 9.39. The molecule has 0 saturated heterocycles. The lowest BCUT2D eigenvalue weighted by atomic mass is 9.91. The first-order chi connectivity index (χ1) is 6.64. The molecule has 0 amide bonds. The molecule has 0 aromatic carbocycles. The minimum absolute atomic E-state index is 0.0361. The number of thiophene rings is 1. The molecular formula is C11H19NOS. The van der Waals surface area contributed by atoms with Crippen LogP contribution in [0, 0.1) is 6.92 Å². The van der Waals surface area contributed by atoms with E-state index in [1.807, 2.05) is 5.38 Å². The fourth-order valence-corrected chi connectivity index (χ4v) is 2.70. The predicted molar refractivity (Wildman–Crippen MR) is 61.5 cm³/mol. The molecule has 0 aliphatic carbocycles. The van der Waals surface area contributed by atoms with Gasteiger partial charge in [0.2, 0.25) is 0 Å². The van der Waals surface area contributed by atoms with Crippen molar-refractivity contribution < 1.29 is 5.11 Å². The van der Waals surface area contributed by atoms with Gasteiger partial charge in [-0.15, -0.1) is 11.3 Å². The van der Waals surface area contributed by atoms with Crippen LogP contribution in [0.5, 0.6) is 0 Å². The second-order valence-corrected chi connectivity index (χ2v) is 4.77. The predicted octanol–water partition coefficient (Wildman–Crippen LogP) is 2.39. The lowest BCUT2D eigenvalue weighted by Gasteiger charge is -2.27. The van der Waals surface area contributed by atoms with Crippen LogP contribution in [0.4, 0.5) is 0 Å². The Balaban J connectivity index is 2.84. The van der Waals surface area contributed by atoms with Gasteiger partial charge in [0, 0.05) is 4.88 Å². The summed E-state index contributed by atoms with van der Waals surface area (Å²) < 4.78 is 0. The molecule has 1 rings (SSSR count). The van der Waals surface area contributed by atoms with Gasteiger partial charge in [0.1, 0.15) is 0 Å². The molecule has 1 aromatic heterocycles. The molecule has 1 aromatic rings. The molecule has 0 fully saturated rings. The number of aryl methyl sites for hydroxylation is 1. The van der Waals surface area contributed by atoms with E-state index in [0.717, 1.165) is 24.1 Å². The fourth-order valence-electron chi connectivity index (χ4n) is 1.64. The average Bonchev–Trinajstić information content (AvgIpc) is 2.61. The van der Waals surface area contributed by atoms with E-state index in [4.69, 9.17) is 5.73 Å². The number of unbranched alkanes of at least 4 members (excludes halogenated alkanes) is 1. The molecule has 2 nitrogen and oxygen atoms in total. The number of aliphatic hydroxyl groups excluding tert-OH is 1. The maximum atomic E-state index is 9.39. The Morgan fingerprint density at radius 3 is 2.71 bits per heavy atom. The number of hydrogen-bond acceptors (Lipinski definition) is 3. The van der Waals surface area contributed by atoms with Crippen LogP contribution in [0.3, 0.4) is 0 Å². The highest BCUT2D eigenvalue weighted by atomic mass is 32.1. The molecule has 1 heterocycles. The summed E-state index contributed by atoms with van der Waals surface area (Å²) >= 11 is 1.65. The molecule has 3 N–H and O–H groups in total. The monoisotopic (exact) mass is 213 g/mol. The second kappa shape index (κ2) is 4.91. The van der Waals surface area contributed by atoms with E-state index in [2.05, 4.69) is 19.9 Å². The maximum Gasteiger partial charge on any atom is 0.0740 e. The van der Waals surface area contributed by atoms with Crippen LogP contribution in [0.25, 0.3) is 0 Å². The minimum atomic E-state index is -0.520. The summed E-state index contributed by atoms with van der Waals surface area (Å²) in [5.41, 5.74) is 6.89. The zero-order chi connectivity index (χ0) is 10.6. The minimum Gasteiger partial charge on any atom is -0.394 e. The zero-order valence-electron chi connectivity index (χ0n) is 8.92. The van der Waals surface area contributed by atoms with Gasteiger partial charge in [-0.2, -0.15) is 0 Å². The summed E-state index contributed by atoms with van der Waals surface area (Å²) in [4.78, 5) is 1.13. The van der Waals surface area contributed by atoms with Crippen molar-refractivity contribution in [3.8, 4) is 0 Å². The molecule has 0 unspecified atom stereocenters. The Labute approximate surface area is 89.8 Å². The molecule has 1 atom stereocenters. The number of rotatable bonds is 5. The van der Waals surface area contributed by atoms with Crippen LogP contribution in [0.15, 0.2) is 11.4 Å². The van der Waals surface area contributed by atoms with E-state index in [1.165, 1.54) is 5.56 Å². The van der Waals surface area contributed by atoms with Crippen molar-refractivity contribution in [1.29, 1.82) is 0 Å². The SMILES string of the molecule is CCCC[C@](N)(CO)c1sccc1C. The number of nitrogens with two attached hydrogens (primary N) is 1. The molecule has 0 aliphatic rings. The van der Waals surface area contributed by atoms with Crippen molar-refractivity contribution in [1.82, 2.24) is 0 Å². The largest absolute Gasteiger partial charge is 0.394 e. The van der Waals surface area contributed by atoms with Gasteiger partial charge in [0.25, 0.3) is 0 Å². The third-order valence-electron chi connectivity index (χ3n) is 2.57. The van der Waals surface area contributed by atoms with Crippen molar-refractivity contribution in [3.05, 3.63) is 21.9 Å². The van der Waals surface area contributed by atoms with Crippen LogP contribution < -0.4 is 5.73 Å². The Morgan fingerprint density at radius 1 is 1.57 bits per heavy atom. The first-order valence-corrected chi connectivity index (χ1v) is 5.96. The van der Waals surface area contributed by atoms with Gasteiger partial charge >= 0.3 is 0 Å². The standard InChI is InChI=1S/C11H19NOS/c1-3-4-6-11(12,8-13)10-9(2)5-7-14-10/h5,7,13H,3-4,6,8,12H2,1-2H3/t11-/m0/s1. The van der Waals surface area contributed by atoms with Crippen molar-refractivity contribution in [2.45, 2.75) is 38.6 Å². The number of aliphatic hydroxyl groups is 1. The third-order valence-corrected chi connectivity index (χ3v) is 3.81. The van der Waals surface area contributed by atoms with E-state index in [-0.39, 0.29) is 6.61 Å². The van der Waals surface area contributed by atoms with Gasteiger partial charge in [-0.25, -0.2) is 0 Å². The highest BCUT2D eigenvalue weighted by Gasteiger charge is 2.28. The average molecular weight is 213 g/mol. The summed E-state index contributed by atoms with van der Waals surface area (Å²) in [6, 6.07) is 2.06. The van der Waals surface area contributed by atoms with E-state index in [1.54, 1.807) is 11.3 Å². The smallest absolute Gasteiger partial charge is 0.0740 e. The normalized spacial score (nSPS) is 15.4. The molecule has 0 saturated carbocycles. The molecular weight excluding hydrogens is 194 g/mol. The number of hydrogen-bond donors (Lipinski definition) is 2. The first kappa shape index (κ1) is 11.7. The summed E-state index contributed by atoms with van der Waals surface area (Å²) in [5, 5.41) is 11.4. The molecule has 0 aliphatic heterocycles. The molecule has 14 heavy (non-hydrogen) atoms. The van der Waals surface area contributed by atoms with E-state index >= 15 is 0 Å². The third kappa shape index (κ3) is 2.35. The summed E-state index contributed by atoms with van der Waals surface area (Å²) in [5.74, 6) is 0. The van der Waals surface area contributed by atoms with Gasteiger partial charge in [-0.05, 0) is 30.4 Å². The van der Waals surface area contributed by atoms with Crippen LogP contribution >= 0.6 is 11.3 Å².